The molecule has 3 heteroatoms. The number of rotatable bonds is 1. The summed E-state index contributed by atoms with van der Waals surface area (Å²) in [6.07, 6.45) is 0. The van der Waals surface area contributed by atoms with Gasteiger partial charge in [0, 0.05) is 21.1 Å². The van der Waals surface area contributed by atoms with Gasteiger partial charge in [0.2, 0.25) is 0 Å². The third-order valence-corrected chi connectivity index (χ3v) is 1.65. The fraction of sp³-hybridized carbons (Fsp3) is 0.300. The molecule has 0 unspecified atom stereocenters. The maximum atomic E-state index is 11.3. The largest absolute Gasteiger partial charge is 0.331 e. The summed E-state index contributed by atoms with van der Waals surface area (Å²) in [4.78, 5) is 12.6. The van der Waals surface area contributed by atoms with E-state index >= 15 is 0 Å². The van der Waals surface area contributed by atoms with Gasteiger partial charge in [-0.2, -0.15) is 0 Å². The van der Waals surface area contributed by atoms with Crippen LogP contribution in [0.4, 0.5) is 10.5 Å². The highest BCUT2D eigenvalue weighted by molar-refractivity contribution is 5.88. The quantitative estimate of drug-likeness (QED) is 0.703. The number of amides is 2. The monoisotopic (exact) mass is 179 g/mol. The molecule has 0 aromatic heterocycles. The lowest BCUT2D eigenvalue weighted by molar-refractivity contribution is 0.230. The Kier molecular flexibility index (Phi) is 2.45. The Labute approximate surface area is 79.8 Å². The van der Waals surface area contributed by atoms with Crippen LogP contribution in [0.25, 0.3) is 0 Å². The minimum Gasteiger partial charge on any atom is -0.331 e. The summed E-state index contributed by atoms with van der Waals surface area (Å²) in [5, 5.41) is 2.69. The van der Waals surface area contributed by atoms with Crippen LogP contribution in [0.15, 0.2) is 24.3 Å². The zero-order valence-electron chi connectivity index (χ0n) is 8.87. The van der Waals surface area contributed by atoms with Crippen molar-refractivity contribution in [1.82, 2.24) is 4.90 Å². The summed E-state index contributed by atoms with van der Waals surface area (Å²) >= 11 is 0. The Hall–Kier alpha value is -1.51. The Morgan fingerprint density at radius 1 is 1.46 bits per heavy atom. The first-order valence-corrected chi connectivity index (χ1v) is 4.01. The molecule has 70 valence electrons. The molecule has 13 heavy (non-hydrogen) atoms. The Morgan fingerprint density at radius 3 is 2.62 bits per heavy atom. The molecule has 0 radical (unpaired) electrons. The van der Waals surface area contributed by atoms with E-state index in [0.29, 0.717) is 0 Å². The number of nitrogens with zero attached hydrogens (tertiary/aromatic N) is 1. The number of hydrogen-bond donors (Lipinski definition) is 1. The average molecular weight is 179 g/mol. The molecule has 0 bridgehead atoms. The van der Waals surface area contributed by atoms with Gasteiger partial charge in [-0.05, 0) is 19.1 Å². The van der Waals surface area contributed by atoms with Crippen LogP contribution in [0.5, 0.6) is 0 Å². The van der Waals surface area contributed by atoms with Gasteiger partial charge in [0.25, 0.3) is 0 Å². The van der Waals surface area contributed by atoms with Crippen molar-refractivity contribution >= 4 is 11.7 Å². The fourth-order valence-corrected chi connectivity index (χ4v) is 0.856. The van der Waals surface area contributed by atoms with E-state index in [1.807, 2.05) is 31.2 Å². The van der Waals surface area contributed by atoms with Gasteiger partial charge < -0.3 is 10.2 Å². The van der Waals surface area contributed by atoms with Crippen LogP contribution in [0.2, 0.25) is 0 Å². The Bertz CT molecular complexity index is 310. The topological polar surface area (TPSA) is 32.3 Å². The minimum atomic E-state index is -0.260. The van der Waals surface area contributed by atoms with E-state index in [9.17, 15) is 4.79 Å². The van der Waals surface area contributed by atoms with Crippen LogP contribution in [0.1, 0.15) is 6.93 Å². The summed E-state index contributed by atoms with van der Waals surface area (Å²) < 4.78 is 7.00. The molecule has 0 saturated carbocycles. The molecule has 0 fully saturated rings. The number of hydrogen-bond acceptors (Lipinski definition) is 1. The first-order chi connectivity index (χ1) is 6.63. The van der Waals surface area contributed by atoms with E-state index in [2.05, 4.69) is 5.32 Å². The van der Waals surface area contributed by atoms with Gasteiger partial charge in [-0.25, -0.2) is 4.79 Å². The SMILES string of the molecule is [2H]CN(C)C(=O)Nc1ccc(C)cc1. The summed E-state index contributed by atoms with van der Waals surface area (Å²) in [5.41, 5.74) is 1.90. The van der Waals surface area contributed by atoms with Gasteiger partial charge in [0.1, 0.15) is 0 Å². The van der Waals surface area contributed by atoms with Crippen molar-refractivity contribution in [2.75, 3.05) is 19.4 Å². The second-order valence-corrected chi connectivity index (χ2v) is 2.99. The lowest BCUT2D eigenvalue weighted by atomic mass is 10.2. The molecule has 1 rings (SSSR count). The van der Waals surface area contributed by atoms with E-state index in [4.69, 9.17) is 1.37 Å². The number of carbonyl (C=O) groups excluding carboxylic acids is 1. The third kappa shape index (κ3) is 2.78. The van der Waals surface area contributed by atoms with Crippen LogP contribution >= 0.6 is 0 Å². The predicted molar refractivity (Wildman–Crippen MR) is 53.9 cm³/mol. The number of nitrogens with one attached hydrogen (secondary N) is 1. The standard InChI is InChI=1S/C10H14N2O/c1-8-4-6-9(7-5-8)11-10(13)12(2)3/h4-7H,1-3H3,(H,11,13)/i2D. The highest BCUT2D eigenvalue weighted by Crippen LogP contribution is 2.08. The number of aryl methyl sites for hydroxylation is 1. The third-order valence-electron chi connectivity index (χ3n) is 1.65. The van der Waals surface area contributed by atoms with Crippen LogP contribution in [-0.4, -0.2) is 25.0 Å². The summed E-state index contributed by atoms with van der Waals surface area (Å²) in [7, 11) is 1.54. The van der Waals surface area contributed by atoms with Crippen LogP contribution in [0.3, 0.4) is 0 Å². The number of urea groups is 1. The van der Waals surface area contributed by atoms with Crippen molar-refractivity contribution in [1.29, 1.82) is 0 Å². The van der Waals surface area contributed by atoms with Gasteiger partial charge >= 0.3 is 6.03 Å². The zero-order valence-corrected chi connectivity index (χ0v) is 7.87. The van der Waals surface area contributed by atoms with Gasteiger partial charge in [-0.3, -0.25) is 0 Å². The molecular weight excluding hydrogens is 164 g/mol. The summed E-state index contributed by atoms with van der Waals surface area (Å²) in [6, 6.07) is 7.27. The van der Waals surface area contributed by atoms with Gasteiger partial charge in [0.15, 0.2) is 0 Å². The lowest BCUT2D eigenvalue weighted by Crippen LogP contribution is -2.27. The van der Waals surface area contributed by atoms with E-state index in [-0.39, 0.29) is 13.1 Å². The Balaban J connectivity index is 2.60. The normalized spacial score (nSPS) is 10.5. The van der Waals surface area contributed by atoms with Crippen LogP contribution < -0.4 is 5.32 Å². The maximum absolute atomic E-state index is 11.3. The van der Waals surface area contributed by atoms with Crippen molar-refractivity contribution in [3.8, 4) is 0 Å². The molecule has 0 heterocycles. The molecule has 0 atom stereocenters. The zero-order chi connectivity index (χ0) is 10.6. The highest BCUT2D eigenvalue weighted by Gasteiger charge is 2.02. The number of benzene rings is 1. The smallest absolute Gasteiger partial charge is 0.321 e. The van der Waals surface area contributed by atoms with Crippen molar-refractivity contribution in [3.63, 3.8) is 0 Å². The van der Waals surface area contributed by atoms with E-state index in [0.717, 1.165) is 11.3 Å². The molecule has 0 aliphatic carbocycles. The molecule has 3 nitrogen and oxygen atoms in total. The Morgan fingerprint density at radius 2 is 2.08 bits per heavy atom. The molecule has 0 spiro atoms. The van der Waals surface area contributed by atoms with Gasteiger partial charge in [-0.1, -0.05) is 17.7 Å². The molecular formula is C10H14N2O. The summed E-state index contributed by atoms with van der Waals surface area (Å²) in [5.74, 6) is 0. The second kappa shape index (κ2) is 3.94. The molecule has 1 aromatic carbocycles. The first-order valence-electron chi connectivity index (χ1n) is 4.72. The molecule has 1 N–H and O–H groups in total. The summed E-state index contributed by atoms with van der Waals surface area (Å²) in [6.45, 7) is 1.99. The molecule has 0 aliphatic rings. The molecule has 0 aliphatic heterocycles. The molecule has 1 aromatic rings. The minimum absolute atomic E-state index is 0.0440. The molecule has 2 amide bonds. The predicted octanol–water partition coefficient (Wildman–Crippen LogP) is 2.09. The highest BCUT2D eigenvalue weighted by atomic mass is 16.2. The van der Waals surface area contributed by atoms with Crippen molar-refractivity contribution in [2.45, 2.75) is 6.92 Å². The van der Waals surface area contributed by atoms with Gasteiger partial charge in [-0.15, -0.1) is 0 Å². The fourth-order valence-electron chi connectivity index (χ4n) is 0.856. The van der Waals surface area contributed by atoms with Crippen molar-refractivity contribution in [2.24, 2.45) is 0 Å². The van der Waals surface area contributed by atoms with Crippen molar-refractivity contribution in [3.05, 3.63) is 29.8 Å². The lowest BCUT2D eigenvalue weighted by Gasteiger charge is -2.11. The van der Waals surface area contributed by atoms with E-state index in [1.165, 1.54) is 4.90 Å². The van der Waals surface area contributed by atoms with Gasteiger partial charge in [0.05, 0.1) is 0 Å². The van der Waals surface area contributed by atoms with Crippen molar-refractivity contribution < 1.29 is 6.17 Å². The number of anilines is 1. The van der Waals surface area contributed by atoms with Crippen LogP contribution in [-0.2, 0) is 0 Å². The van der Waals surface area contributed by atoms with E-state index in [1.54, 1.807) is 7.05 Å². The number of carbonyl (C=O) groups is 1. The molecule has 0 saturated heterocycles. The first kappa shape index (κ1) is 8.10. The van der Waals surface area contributed by atoms with Crippen LogP contribution in [0, 0.1) is 6.92 Å². The van der Waals surface area contributed by atoms with E-state index < -0.39 is 0 Å². The maximum Gasteiger partial charge on any atom is 0.321 e. The average Bonchev–Trinajstić information content (AvgIpc) is 2.20. The second-order valence-electron chi connectivity index (χ2n) is 2.99.